The van der Waals surface area contributed by atoms with Crippen LogP contribution in [0.25, 0.3) is 0 Å². The van der Waals surface area contributed by atoms with Gasteiger partial charge in [0.1, 0.15) is 18.2 Å². The Kier molecular flexibility index (Phi) is 4.49. The van der Waals surface area contributed by atoms with Gasteiger partial charge in [-0.3, -0.25) is 4.98 Å². The molecular formula is C15H13FN2O. The highest BCUT2D eigenvalue weighted by atomic mass is 19.1. The van der Waals surface area contributed by atoms with Crippen molar-refractivity contribution in [2.45, 2.75) is 6.61 Å². The van der Waals surface area contributed by atoms with Crippen molar-refractivity contribution in [2.24, 2.45) is 5.73 Å². The van der Waals surface area contributed by atoms with Gasteiger partial charge in [0.05, 0.1) is 12.7 Å². The van der Waals surface area contributed by atoms with Crippen LogP contribution in [0, 0.1) is 17.7 Å². The third-order valence-corrected chi connectivity index (χ3v) is 2.40. The molecule has 0 amide bonds. The van der Waals surface area contributed by atoms with Crippen molar-refractivity contribution >= 4 is 0 Å². The first-order valence-corrected chi connectivity index (χ1v) is 5.80. The van der Waals surface area contributed by atoms with Crippen LogP contribution in [-0.4, -0.2) is 11.5 Å². The topological polar surface area (TPSA) is 48.1 Å². The number of hydrogen-bond donors (Lipinski definition) is 1. The van der Waals surface area contributed by atoms with Crippen LogP contribution in [0.2, 0.25) is 0 Å². The maximum absolute atomic E-state index is 13.4. The minimum absolute atomic E-state index is 0.155. The molecule has 19 heavy (non-hydrogen) atoms. The zero-order valence-corrected chi connectivity index (χ0v) is 10.3. The lowest BCUT2D eigenvalue weighted by Crippen LogP contribution is -1.99. The predicted octanol–water partition coefficient (Wildman–Crippen LogP) is 2.11. The number of pyridine rings is 1. The molecule has 0 atom stereocenters. The second kappa shape index (κ2) is 6.53. The van der Waals surface area contributed by atoms with Crippen LogP contribution in [0.5, 0.6) is 5.75 Å². The van der Waals surface area contributed by atoms with Crippen LogP contribution in [0.1, 0.15) is 11.1 Å². The van der Waals surface area contributed by atoms with Gasteiger partial charge in [-0.2, -0.15) is 0 Å². The maximum atomic E-state index is 13.4. The number of benzene rings is 1. The molecule has 0 saturated carbocycles. The number of nitrogens with two attached hydrogens (primary N) is 1. The van der Waals surface area contributed by atoms with E-state index in [0.717, 1.165) is 5.56 Å². The third-order valence-electron chi connectivity index (χ3n) is 2.40. The van der Waals surface area contributed by atoms with Gasteiger partial charge >= 0.3 is 0 Å². The summed E-state index contributed by atoms with van der Waals surface area (Å²) in [6.07, 6.45) is 3.19. The molecule has 0 saturated heterocycles. The summed E-state index contributed by atoms with van der Waals surface area (Å²) < 4.78 is 18.9. The van der Waals surface area contributed by atoms with Crippen LogP contribution in [0.3, 0.4) is 0 Å². The van der Waals surface area contributed by atoms with Gasteiger partial charge in [0.2, 0.25) is 0 Å². The average molecular weight is 256 g/mol. The fraction of sp³-hybridized carbons (Fsp3) is 0.133. The van der Waals surface area contributed by atoms with E-state index < -0.39 is 0 Å². The molecule has 2 N–H and O–H groups in total. The lowest BCUT2D eigenvalue weighted by molar-refractivity contribution is 0.298. The Bertz CT molecular complexity index is 617. The van der Waals surface area contributed by atoms with Crippen molar-refractivity contribution in [3.63, 3.8) is 0 Å². The molecule has 96 valence electrons. The van der Waals surface area contributed by atoms with Crippen molar-refractivity contribution in [2.75, 3.05) is 6.54 Å². The molecule has 0 aliphatic rings. The van der Waals surface area contributed by atoms with E-state index in [1.165, 1.54) is 6.07 Å². The van der Waals surface area contributed by atoms with E-state index in [9.17, 15) is 4.39 Å². The molecule has 2 aromatic rings. The number of ether oxygens (including phenoxy) is 1. The van der Waals surface area contributed by atoms with E-state index in [0.29, 0.717) is 17.9 Å². The number of hydrogen-bond acceptors (Lipinski definition) is 3. The van der Waals surface area contributed by atoms with Gasteiger partial charge in [-0.1, -0.05) is 30.0 Å². The molecule has 0 aliphatic heterocycles. The Balaban J connectivity index is 2.06. The van der Waals surface area contributed by atoms with Crippen LogP contribution in [0.15, 0.2) is 42.7 Å². The summed E-state index contributed by atoms with van der Waals surface area (Å²) in [4.78, 5) is 4.01. The lowest BCUT2D eigenvalue weighted by Gasteiger charge is -2.06. The molecule has 3 nitrogen and oxygen atoms in total. The molecule has 0 fully saturated rings. The second-order valence-electron chi connectivity index (χ2n) is 3.80. The highest BCUT2D eigenvalue weighted by molar-refractivity contribution is 5.37. The van der Waals surface area contributed by atoms with Crippen molar-refractivity contribution in [3.05, 3.63) is 59.7 Å². The molecule has 1 heterocycles. The molecule has 1 aromatic heterocycles. The first kappa shape index (κ1) is 13.1. The van der Waals surface area contributed by atoms with E-state index >= 15 is 0 Å². The van der Waals surface area contributed by atoms with Gasteiger partial charge in [-0.25, -0.2) is 4.39 Å². The van der Waals surface area contributed by atoms with Gasteiger partial charge in [0, 0.05) is 17.3 Å². The molecule has 0 aliphatic carbocycles. The summed E-state index contributed by atoms with van der Waals surface area (Å²) in [6, 6.07) is 8.24. The molecule has 0 bridgehead atoms. The van der Waals surface area contributed by atoms with E-state index in [-0.39, 0.29) is 12.4 Å². The quantitative estimate of drug-likeness (QED) is 0.856. The predicted molar refractivity (Wildman–Crippen MR) is 70.9 cm³/mol. The normalized spacial score (nSPS) is 9.58. The van der Waals surface area contributed by atoms with Gasteiger partial charge in [0.15, 0.2) is 0 Å². The van der Waals surface area contributed by atoms with Gasteiger partial charge in [0.25, 0.3) is 0 Å². The van der Waals surface area contributed by atoms with Crippen molar-refractivity contribution in [1.29, 1.82) is 0 Å². The molecule has 0 radical (unpaired) electrons. The fourth-order valence-corrected chi connectivity index (χ4v) is 1.50. The first-order valence-electron chi connectivity index (χ1n) is 5.80. The smallest absolute Gasteiger partial charge is 0.139 e. The van der Waals surface area contributed by atoms with E-state index in [1.807, 2.05) is 0 Å². The molecule has 4 heteroatoms. The van der Waals surface area contributed by atoms with Gasteiger partial charge < -0.3 is 10.5 Å². The number of aromatic nitrogens is 1. The molecule has 0 spiro atoms. The van der Waals surface area contributed by atoms with Gasteiger partial charge in [-0.05, 0) is 12.1 Å². The van der Waals surface area contributed by atoms with Crippen molar-refractivity contribution in [3.8, 4) is 17.6 Å². The zero-order valence-electron chi connectivity index (χ0n) is 10.3. The zero-order chi connectivity index (χ0) is 13.5. The van der Waals surface area contributed by atoms with Crippen molar-refractivity contribution < 1.29 is 9.13 Å². The van der Waals surface area contributed by atoms with Crippen LogP contribution in [0.4, 0.5) is 4.39 Å². The average Bonchev–Trinajstić information content (AvgIpc) is 2.45. The minimum Gasteiger partial charge on any atom is -0.487 e. The largest absolute Gasteiger partial charge is 0.487 e. The molecule has 0 unspecified atom stereocenters. The van der Waals surface area contributed by atoms with E-state index in [4.69, 9.17) is 10.5 Å². The van der Waals surface area contributed by atoms with Crippen LogP contribution < -0.4 is 10.5 Å². The summed E-state index contributed by atoms with van der Waals surface area (Å²) in [5.41, 5.74) is 6.52. The number of rotatable bonds is 3. The highest BCUT2D eigenvalue weighted by Crippen LogP contribution is 2.14. The molecular weight excluding hydrogens is 243 g/mol. The van der Waals surface area contributed by atoms with Gasteiger partial charge in [-0.15, -0.1) is 0 Å². The van der Waals surface area contributed by atoms with E-state index in [2.05, 4.69) is 16.8 Å². The van der Waals surface area contributed by atoms with Crippen molar-refractivity contribution in [1.82, 2.24) is 4.98 Å². The first-order chi connectivity index (χ1) is 9.29. The Morgan fingerprint density at radius 3 is 2.89 bits per heavy atom. The van der Waals surface area contributed by atoms with E-state index in [1.54, 1.807) is 36.7 Å². The summed E-state index contributed by atoms with van der Waals surface area (Å²) in [6.45, 7) is 0.447. The summed E-state index contributed by atoms with van der Waals surface area (Å²) in [5, 5.41) is 0. The molecule has 2 rings (SSSR count). The third kappa shape index (κ3) is 3.80. The Morgan fingerprint density at radius 2 is 2.11 bits per heavy atom. The lowest BCUT2D eigenvalue weighted by atomic mass is 10.2. The fourth-order valence-electron chi connectivity index (χ4n) is 1.50. The maximum Gasteiger partial charge on any atom is 0.139 e. The standard InChI is InChI=1S/C15H13FN2O/c16-15-6-2-1-5-13(15)11-19-14-8-12(4-3-7-17)9-18-10-14/h1-2,5-6,8-10H,7,11,17H2. The Labute approximate surface area is 111 Å². The summed E-state index contributed by atoms with van der Waals surface area (Å²) in [5.74, 6) is 5.86. The van der Waals surface area contributed by atoms with Crippen LogP contribution >= 0.6 is 0 Å². The summed E-state index contributed by atoms with van der Waals surface area (Å²) in [7, 11) is 0. The highest BCUT2D eigenvalue weighted by Gasteiger charge is 2.02. The Hall–Kier alpha value is -2.38. The summed E-state index contributed by atoms with van der Waals surface area (Å²) >= 11 is 0. The SMILES string of the molecule is NCC#Cc1cncc(OCc2ccccc2F)c1. The monoisotopic (exact) mass is 256 g/mol. The Morgan fingerprint density at radius 1 is 1.26 bits per heavy atom. The number of halogens is 1. The minimum atomic E-state index is -0.283. The van der Waals surface area contributed by atoms with Crippen LogP contribution in [-0.2, 0) is 6.61 Å². The second-order valence-corrected chi connectivity index (χ2v) is 3.80. The number of nitrogens with zero attached hydrogens (tertiary/aromatic N) is 1. The molecule has 1 aromatic carbocycles.